The van der Waals surface area contributed by atoms with Crippen molar-refractivity contribution in [2.24, 2.45) is 5.92 Å². The Bertz CT molecular complexity index is 426. The van der Waals surface area contributed by atoms with Crippen molar-refractivity contribution in [3.63, 3.8) is 0 Å². The largest absolute Gasteiger partial charge is 0.373 e. The Morgan fingerprint density at radius 2 is 2.27 bits per heavy atom. The lowest BCUT2D eigenvalue weighted by Gasteiger charge is -2.13. The summed E-state index contributed by atoms with van der Waals surface area (Å²) in [6.45, 7) is 1.48. The molecule has 0 radical (unpaired) electrons. The molecule has 1 aromatic heterocycles. The summed E-state index contributed by atoms with van der Waals surface area (Å²) in [5.41, 5.74) is -0.600. The van der Waals surface area contributed by atoms with Crippen molar-refractivity contribution in [2.75, 3.05) is 7.11 Å². The Labute approximate surface area is 86.5 Å². The predicted molar refractivity (Wildman–Crippen MR) is 52.0 cm³/mol. The van der Waals surface area contributed by atoms with Gasteiger partial charge >= 0.3 is 0 Å². The van der Waals surface area contributed by atoms with Gasteiger partial charge in [0.15, 0.2) is 0 Å². The maximum Gasteiger partial charge on any atom is 0.287 e. The number of methoxy groups -OCH3 is 1. The average molecular weight is 212 g/mol. The number of aromatic amines is 1. The zero-order chi connectivity index (χ0) is 11.0. The molecule has 0 aliphatic heterocycles. The lowest BCUT2D eigenvalue weighted by atomic mass is 10.2. The topological polar surface area (TPSA) is 55.0 Å². The molecule has 1 aliphatic rings. The number of ether oxygens (including phenoxy) is 1. The van der Waals surface area contributed by atoms with Gasteiger partial charge in [0.05, 0.1) is 5.69 Å². The molecule has 4 nitrogen and oxygen atoms in total. The molecule has 82 valence electrons. The van der Waals surface area contributed by atoms with Crippen LogP contribution >= 0.6 is 0 Å². The van der Waals surface area contributed by atoms with Gasteiger partial charge in [-0.2, -0.15) is 4.39 Å². The average Bonchev–Trinajstić information content (AvgIpc) is 2.99. The third-order valence-corrected chi connectivity index (χ3v) is 2.62. The van der Waals surface area contributed by atoms with Crippen LogP contribution in [0.5, 0.6) is 0 Å². The van der Waals surface area contributed by atoms with Gasteiger partial charge in [0.25, 0.3) is 5.56 Å². The van der Waals surface area contributed by atoms with Crippen LogP contribution in [0.3, 0.4) is 0 Å². The highest BCUT2D eigenvalue weighted by Crippen LogP contribution is 2.41. The molecule has 0 saturated heterocycles. The fourth-order valence-corrected chi connectivity index (χ4v) is 1.65. The summed E-state index contributed by atoms with van der Waals surface area (Å²) in [6.07, 6.45) is 1.93. The van der Waals surface area contributed by atoms with Crippen LogP contribution in [0.2, 0.25) is 0 Å². The van der Waals surface area contributed by atoms with E-state index in [-0.39, 0.29) is 11.8 Å². The molecule has 1 N–H and O–H groups in total. The predicted octanol–water partition coefficient (Wildman–Crippen LogP) is 1.31. The van der Waals surface area contributed by atoms with E-state index in [0.29, 0.717) is 11.7 Å². The van der Waals surface area contributed by atoms with Gasteiger partial charge in [0.2, 0.25) is 5.82 Å². The van der Waals surface area contributed by atoms with Crippen LogP contribution in [-0.2, 0) is 4.74 Å². The van der Waals surface area contributed by atoms with E-state index in [1.54, 1.807) is 7.11 Å². The molecule has 15 heavy (non-hydrogen) atoms. The second-order valence-corrected chi connectivity index (χ2v) is 3.84. The third kappa shape index (κ3) is 1.92. The molecular formula is C10H13FN2O2. The molecule has 0 aromatic carbocycles. The van der Waals surface area contributed by atoms with Crippen molar-refractivity contribution >= 4 is 0 Å². The van der Waals surface area contributed by atoms with E-state index in [9.17, 15) is 9.18 Å². The monoisotopic (exact) mass is 212 g/mol. The van der Waals surface area contributed by atoms with Gasteiger partial charge in [-0.1, -0.05) is 0 Å². The number of rotatable bonds is 3. The molecule has 2 rings (SSSR count). The summed E-state index contributed by atoms with van der Waals surface area (Å²) in [6, 6.07) is 0. The second-order valence-electron chi connectivity index (χ2n) is 3.84. The van der Waals surface area contributed by atoms with E-state index >= 15 is 0 Å². The Morgan fingerprint density at radius 1 is 1.60 bits per heavy atom. The summed E-state index contributed by atoms with van der Waals surface area (Å²) in [5, 5.41) is 0. The van der Waals surface area contributed by atoms with Gasteiger partial charge in [-0.3, -0.25) is 4.79 Å². The number of H-pyrrole nitrogens is 1. The van der Waals surface area contributed by atoms with Crippen molar-refractivity contribution < 1.29 is 9.13 Å². The summed E-state index contributed by atoms with van der Waals surface area (Å²) in [5.74, 6) is 0.0244. The zero-order valence-electron chi connectivity index (χ0n) is 8.71. The van der Waals surface area contributed by atoms with Crippen LogP contribution in [-0.4, -0.2) is 17.1 Å². The van der Waals surface area contributed by atoms with Crippen molar-refractivity contribution in [2.45, 2.75) is 25.9 Å². The van der Waals surface area contributed by atoms with E-state index in [2.05, 4.69) is 9.97 Å². The Morgan fingerprint density at radius 3 is 2.73 bits per heavy atom. The molecule has 1 saturated carbocycles. The maximum absolute atomic E-state index is 13.0. The number of nitrogens with zero attached hydrogens (tertiary/aromatic N) is 1. The summed E-state index contributed by atoms with van der Waals surface area (Å²) in [7, 11) is 1.57. The van der Waals surface area contributed by atoms with Crippen molar-refractivity contribution in [1.29, 1.82) is 0 Å². The van der Waals surface area contributed by atoms with Crippen LogP contribution in [0, 0.1) is 18.7 Å². The Balaban J connectivity index is 2.39. The van der Waals surface area contributed by atoms with Crippen molar-refractivity contribution in [3.05, 3.63) is 27.7 Å². The number of hydrogen-bond acceptors (Lipinski definition) is 3. The maximum atomic E-state index is 13.0. The molecule has 0 spiro atoms. The summed E-state index contributed by atoms with van der Waals surface area (Å²) >= 11 is 0. The van der Waals surface area contributed by atoms with Gasteiger partial charge < -0.3 is 9.72 Å². The second kappa shape index (κ2) is 3.73. The molecule has 5 heteroatoms. The van der Waals surface area contributed by atoms with Crippen molar-refractivity contribution in [3.8, 4) is 0 Å². The number of hydrogen-bond donors (Lipinski definition) is 1. The minimum absolute atomic E-state index is 0.122. The van der Waals surface area contributed by atoms with Crippen LogP contribution in [0.4, 0.5) is 4.39 Å². The number of aryl methyl sites for hydroxylation is 1. The molecule has 1 aliphatic carbocycles. The van der Waals surface area contributed by atoms with E-state index < -0.39 is 11.4 Å². The van der Waals surface area contributed by atoms with E-state index in [4.69, 9.17) is 4.74 Å². The first kappa shape index (κ1) is 10.3. The Kier molecular flexibility index (Phi) is 2.56. The molecule has 1 unspecified atom stereocenters. The van der Waals surface area contributed by atoms with Crippen LogP contribution in [0.15, 0.2) is 4.79 Å². The van der Waals surface area contributed by atoms with E-state index in [1.807, 2.05) is 0 Å². The van der Waals surface area contributed by atoms with Crippen LogP contribution in [0.1, 0.15) is 30.5 Å². The number of aromatic nitrogens is 2. The van der Waals surface area contributed by atoms with Crippen LogP contribution < -0.4 is 5.56 Å². The van der Waals surface area contributed by atoms with Crippen LogP contribution in [0.25, 0.3) is 0 Å². The molecule has 1 fully saturated rings. The van der Waals surface area contributed by atoms with Gasteiger partial charge in [0, 0.05) is 7.11 Å². The molecule has 1 atom stereocenters. The lowest BCUT2D eigenvalue weighted by molar-refractivity contribution is 0.0766. The minimum atomic E-state index is -0.815. The van der Waals surface area contributed by atoms with Gasteiger partial charge in [-0.05, 0) is 25.7 Å². The highest BCUT2D eigenvalue weighted by atomic mass is 19.1. The number of nitrogens with one attached hydrogen (secondary N) is 1. The highest BCUT2D eigenvalue weighted by Gasteiger charge is 2.34. The first-order chi connectivity index (χ1) is 7.13. The summed E-state index contributed by atoms with van der Waals surface area (Å²) in [4.78, 5) is 17.6. The molecule has 1 aromatic rings. The van der Waals surface area contributed by atoms with Gasteiger partial charge in [-0.25, -0.2) is 4.98 Å². The first-order valence-electron chi connectivity index (χ1n) is 4.92. The normalized spacial score (nSPS) is 17.8. The summed E-state index contributed by atoms with van der Waals surface area (Å²) < 4.78 is 18.3. The quantitative estimate of drug-likeness (QED) is 0.822. The van der Waals surface area contributed by atoms with E-state index in [1.165, 1.54) is 6.92 Å². The molecule has 0 amide bonds. The zero-order valence-corrected chi connectivity index (χ0v) is 8.71. The number of halogens is 1. The highest BCUT2D eigenvalue weighted by molar-refractivity contribution is 5.07. The lowest BCUT2D eigenvalue weighted by Crippen LogP contribution is -2.21. The fraction of sp³-hybridized carbons (Fsp3) is 0.600. The van der Waals surface area contributed by atoms with Gasteiger partial charge in [0.1, 0.15) is 11.9 Å². The first-order valence-corrected chi connectivity index (χ1v) is 4.92. The van der Waals surface area contributed by atoms with E-state index in [0.717, 1.165) is 12.8 Å². The Hall–Kier alpha value is -1.23. The SMILES string of the molecule is COC(c1nc(C)c(F)c(=O)[nH]1)C1CC1. The minimum Gasteiger partial charge on any atom is -0.373 e. The van der Waals surface area contributed by atoms with Gasteiger partial charge in [-0.15, -0.1) is 0 Å². The standard InChI is InChI=1S/C10H13FN2O2/c1-5-7(11)10(14)13-9(12-5)8(15-2)6-3-4-6/h6,8H,3-4H2,1-2H3,(H,12,13,14). The third-order valence-electron chi connectivity index (χ3n) is 2.62. The molecule has 1 heterocycles. The smallest absolute Gasteiger partial charge is 0.287 e. The molecular weight excluding hydrogens is 199 g/mol. The fourth-order valence-electron chi connectivity index (χ4n) is 1.65. The van der Waals surface area contributed by atoms with Crippen molar-refractivity contribution in [1.82, 2.24) is 9.97 Å². The molecule has 0 bridgehead atoms.